The van der Waals surface area contributed by atoms with Crippen molar-refractivity contribution in [2.45, 2.75) is 20.0 Å². The first-order chi connectivity index (χ1) is 15.1. The molecule has 0 spiro atoms. The number of rotatable bonds is 6. The summed E-state index contributed by atoms with van der Waals surface area (Å²) in [5, 5.41) is 17.3. The Bertz CT molecular complexity index is 1210. The number of nitrogens with zero attached hydrogens (tertiary/aromatic N) is 3. The molecule has 0 fully saturated rings. The first kappa shape index (κ1) is 23.2. The summed E-state index contributed by atoms with van der Waals surface area (Å²) < 4.78 is 19.6. The summed E-state index contributed by atoms with van der Waals surface area (Å²) in [7, 11) is 0. The quantitative estimate of drug-likeness (QED) is 0.310. The molecule has 3 rings (SSSR count). The third-order valence-corrected chi connectivity index (χ3v) is 5.02. The van der Waals surface area contributed by atoms with E-state index in [2.05, 4.69) is 10.4 Å². The normalized spacial score (nSPS) is 11.7. The van der Waals surface area contributed by atoms with E-state index in [1.54, 1.807) is 0 Å². The molecule has 1 amide bonds. The second kappa shape index (κ2) is 9.33. The molecule has 0 aliphatic heterocycles. The Kier molecular flexibility index (Phi) is 6.75. The van der Waals surface area contributed by atoms with Crippen LogP contribution in [0, 0.1) is 22.9 Å². The van der Waals surface area contributed by atoms with E-state index in [1.807, 2.05) is 0 Å². The van der Waals surface area contributed by atoms with Gasteiger partial charge in [-0.1, -0.05) is 23.2 Å². The zero-order chi connectivity index (χ0) is 23.6. The third kappa shape index (κ3) is 4.87. The van der Waals surface area contributed by atoms with E-state index < -0.39 is 28.7 Å². The van der Waals surface area contributed by atoms with Crippen molar-refractivity contribution in [2.75, 3.05) is 5.32 Å². The summed E-state index contributed by atoms with van der Waals surface area (Å²) in [5.74, 6) is -2.05. The zero-order valence-electron chi connectivity index (χ0n) is 16.6. The Morgan fingerprint density at radius 2 is 1.88 bits per heavy atom. The van der Waals surface area contributed by atoms with E-state index >= 15 is 0 Å². The average molecular weight is 481 g/mol. The predicted octanol–water partition coefficient (Wildman–Crippen LogP) is 4.72. The van der Waals surface area contributed by atoms with Gasteiger partial charge in [0.2, 0.25) is 0 Å². The lowest BCUT2D eigenvalue weighted by Gasteiger charge is -2.14. The number of benzene rings is 2. The van der Waals surface area contributed by atoms with Gasteiger partial charge >= 0.3 is 5.97 Å². The minimum absolute atomic E-state index is 0.0504. The standard InChI is InChI=1S/C20H15Cl2FN4O5/c1-10-17(18(22)26(25-10)13-5-3-12(23)4-6-13)20(29)32-11(2)19(28)24-16-8-7-14(27(30)31)9-15(16)21/h3-9,11H,1-2H3,(H,24,28). The molecule has 0 saturated carbocycles. The molecule has 32 heavy (non-hydrogen) atoms. The summed E-state index contributed by atoms with van der Waals surface area (Å²) in [6.45, 7) is 2.87. The van der Waals surface area contributed by atoms with Crippen LogP contribution in [0.2, 0.25) is 10.2 Å². The van der Waals surface area contributed by atoms with Crippen LogP contribution in [0.1, 0.15) is 23.0 Å². The molecule has 1 aromatic heterocycles. The maximum Gasteiger partial charge on any atom is 0.344 e. The molecule has 166 valence electrons. The van der Waals surface area contributed by atoms with Gasteiger partial charge < -0.3 is 10.1 Å². The molecule has 9 nitrogen and oxygen atoms in total. The van der Waals surface area contributed by atoms with Gasteiger partial charge in [0.05, 0.1) is 27.0 Å². The number of anilines is 1. The van der Waals surface area contributed by atoms with Crippen LogP contribution in [0.3, 0.4) is 0 Å². The molecule has 12 heteroatoms. The van der Waals surface area contributed by atoms with Crippen LogP contribution in [-0.2, 0) is 9.53 Å². The highest BCUT2D eigenvalue weighted by molar-refractivity contribution is 6.34. The maximum absolute atomic E-state index is 13.2. The van der Waals surface area contributed by atoms with Crippen LogP contribution in [-0.4, -0.2) is 32.7 Å². The maximum atomic E-state index is 13.2. The predicted molar refractivity (Wildman–Crippen MR) is 115 cm³/mol. The lowest BCUT2D eigenvalue weighted by Crippen LogP contribution is -2.30. The Morgan fingerprint density at radius 1 is 1.22 bits per heavy atom. The Hall–Kier alpha value is -3.50. The van der Waals surface area contributed by atoms with Crippen molar-refractivity contribution >= 4 is 46.5 Å². The Labute approximate surface area is 190 Å². The van der Waals surface area contributed by atoms with Crippen LogP contribution in [0.15, 0.2) is 42.5 Å². The van der Waals surface area contributed by atoms with Gasteiger partial charge in [-0.25, -0.2) is 13.9 Å². The van der Waals surface area contributed by atoms with Gasteiger partial charge in [-0.05, 0) is 44.2 Å². The minimum atomic E-state index is -1.25. The number of hydrogen-bond donors (Lipinski definition) is 1. The molecular formula is C20H15Cl2FN4O5. The summed E-state index contributed by atoms with van der Waals surface area (Å²) in [6, 6.07) is 8.83. The van der Waals surface area contributed by atoms with Crippen LogP contribution < -0.4 is 5.32 Å². The summed E-state index contributed by atoms with van der Waals surface area (Å²) in [4.78, 5) is 35.2. The number of hydrogen-bond acceptors (Lipinski definition) is 6. The first-order valence-corrected chi connectivity index (χ1v) is 9.81. The van der Waals surface area contributed by atoms with Gasteiger partial charge in [0.25, 0.3) is 11.6 Å². The third-order valence-electron chi connectivity index (χ3n) is 4.35. The molecule has 0 radical (unpaired) electrons. The van der Waals surface area contributed by atoms with Crippen molar-refractivity contribution in [1.29, 1.82) is 0 Å². The second-order valence-electron chi connectivity index (χ2n) is 6.60. The zero-order valence-corrected chi connectivity index (χ0v) is 18.1. The molecule has 1 N–H and O–H groups in total. The molecule has 0 aliphatic rings. The van der Waals surface area contributed by atoms with Crippen molar-refractivity contribution < 1.29 is 23.6 Å². The smallest absolute Gasteiger partial charge is 0.344 e. The monoisotopic (exact) mass is 480 g/mol. The number of halogens is 3. The van der Waals surface area contributed by atoms with Crippen molar-refractivity contribution in [2.24, 2.45) is 0 Å². The number of non-ortho nitro benzene ring substituents is 1. The van der Waals surface area contributed by atoms with Crippen molar-refractivity contribution in [3.63, 3.8) is 0 Å². The Balaban J connectivity index is 1.73. The van der Waals surface area contributed by atoms with E-state index in [9.17, 15) is 24.1 Å². The highest BCUT2D eigenvalue weighted by Gasteiger charge is 2.26. The summed E-state index contributed by atoms with van der Waals surface area (Å²) in [6.07, 6.45) is -1.25. The van der Waals surface area contributed by atoms with Crippen molar-refractivity contribution in [3.8, 4) is 5.69 Å². The van der Waals surface area contributed by atoms with Crippen molar-refractivity contribution in [1.82, 2.24) is 9.78 Å². The second-order valence-corrected chi connectivity index (χ2v) is 7.36. The van der Waals surface area contributed by atoms with Gasteiger partial charge in [-0.3, -0.25) is 14.9 Å². The first-order valence-electron chi connectivity index (χ1n) is 9.05. The lowest BCUT2D eigenvalue weighted by molar-refractivity contribution is -0.384. The fourth-order valence-corrected chi connectivity index (χ4v) is 3.28. The van der Waals surface area contributed by atoms with Crippen molar-refractivity contribution in [3.05, 3.63) is 79.8 Å². The number of ether oxygens (including phenoxy) is 1. The van der Waals surface area contributed by atoms with E-state index in [0.29, 0.717) is 5.69 Å². The highest BCUT2D eigenvalue weighted by Crippen LogP contribution is 2.28. The van der Waals surface area contributed by atoms with Gasteiger partial charge in [0.1, 0.15) is 16.5 Å². The van der Waals surface area contributed by atoms with E-state index in [4.69, 9.17) is 27.9 Å². The van der Waals surface area contributed by atoms with Crippen LogP contribution in [0.5, 0.6) is 0 Å². The molecule has 0 bridgehead atoms. The number of aromatic nitrogens is 2. The van der Waals surface area contributed by atoms with Gasteiger partial charge in [-0.2, -0.15) is 5.10 Å². The minimum Gasteiger partial charge on any atom is -0.449 e. The number of carbonyl (C=O) groups is 2. The van der Waals surface area contributed by atoms with E-state index in [1.165, 1.54) is 54.9 Å². The number of nitrogens with one attached hydrogen (secondary N) is 1. The molecule has 1 unspecified atom stereocenters. The summed E-state index contributed by atoms with van der Waals surface area (Å²) in [5.41, 5.74) is 0.496. The Morgan fingerprint density at radius 3 is 2.47 bits per heavy atom. The van der Waals surface area contributed by atoms with E-state index in [-0.39, 0.29) is 32.8 Å². The SMILES string of the molecule is Cc1nn(-c2ccc(F)cc2)c(Cl)c1C(=O)OC(C)C(=O)Nc1ccc([N+](=O)[O-])cc1Cl. The fraction of sp³-hybridized carbons (Fsp3) is 0.150. The molecule has 2 aromatic carbocycles. The van der Waals surface area contributed by atoms with Crippen LogP contribution >= 0.6 is 23.2 Å². The number of aryl methyl sites for hydroxylation is 1. The number of nitro benzene ring substituents is 1. The number of esters is 1. The average Bonchev–Trinajstić information content (AvgIpc) is 3.03. The summed E-state index contributed by atoms with van der Waals surface area (Å²) >= 11 is 12.2. The van der Waals surface area contributed by atoms with Gasteiger partial charge in [0, 0.05) is 12.1 Å². The van der Waals surface area contributed by atoms with Gasteiger partial charge in [0.15, 0.2) is 6.10 Å². The van der Waals surface area contributed by atoms with Crippen LogP contribution in [0.25, 0.3) is 5.69 Å². The molecule has 3 aromatic rings. The number of amides is 1. The highest BCUT2D eigenvalue weighted by atomic mass is 35.5. The fourth-order valence-electron chi connectivity index (χ4n) is 2.71. The molecule has 0 aliphatic carbocycles. The number of carbonyl (C=O) groups excluding carboxylic acids is 2. The van der Waals surface area contributed by atoms with Crippen LogP contribution in [0.4, 0.5) is 15.8 Å². The molecule has 1 atom stereocenters. The van der Waals surface area contributed by atoms with E-state index in [0.717, 1.165) is 6.07 Å². The van der Waals surface area contributed by atoms with Gasteiger partial charge in [-0.15, -0.1) is 0 Å². The molecule has 1 heterocycles. The lowest BCUT2D eigenvalue weighted by atomic mass is 10.2. The largest absolute Gasteiger partial charge is 0.449 e. The molecule has 0 saturated heterocycles. The molecular weight excluding hydrogens is 466 g/mol. The topological polar surface area (TPSA) is 116 Å². The number of nitro groups is 1.